The van der Waals surface area contributed by atoms with Crippen molar-refractivity contribution in [2.45, 2.75) is 32.2 Å². The number of carbonyl (C=O) groups is 1. The van der Waals surface area contributed by atoms with Crippen molar-refractivity contribution in [1.29, 1.82) is 0 Å². The Balaban J connectivity index is 2.13. The van der Waals surface area contributed by atoms with Gasteiger partial charge in [0.05, 0.1) is 16.5 Å². The van der Waals surface area contributed by atoms with Crippen LogP contribution in [0, 0.1) is 11.7 Å². The van der Waals surface area contributed by atoms with Crippen LogP contribution in [0.2, 0.25) is 5.02 Å². The van der Waals surface area contributed by atoms with Gasteiger partial charge in [0, 0.05) is 12.1 Å². The Labute approximate surface area is 130 Å². The molecule has 0 spiro atoms. The maximum atomic E-state index is 14.2. The first-order valence-electron chi connectivity index (χ1n) is 7.26. The van der Waals surface area contributed by atoms with Crippen LogP contribution < -0.4 is 5.32 Å². The summed E-state index contributed by atoms with van der Waals surface area (Å²) in [4.78, 5) is 14.6. The molecule has 1 aromatic rings. The molecular weight excluding hydrogens is 291 g/mol. The lowest BCUT2D eigenvalue weighted by Gasteiger charge is -2.33. The Morgan fingerprint density at radius 3 is 2.86 bits per heavy atom. The van der Waals surface area contributed by atoms with Crippen LogP contribution in [0.5, 0.6) is 0 Å². The molecule has 21 heavy (non-hydrogen) atoms. The van der Waals surface area contributed by atoms with Gasteiger partial charge >= 0.3 is 0 Å². The number of likely N-dealkylation sites (tertiary alicyclic amines) is 1. The minimum absolute atomic E-state index is 0.0223. The summed E-state index contributed by atoms with van der Waals surface area (Å²) < 4.78 is 14.2. The van der Waals surface area contributed by atoms with Gasteiger partial charge in [0.15, 0.2) is 0 Å². The van der Waals surface area contributed by atoms with Crippen molar-refractivity contribution in [2.75, 3.05) is 20.1 Å². The first kappa shape index (κ1) is 16.2. The molecule has 1 N–H and O–H groups in total. The predicted octanol–water partition coefficient (Wildman–Crippen LogP) is 3.17. The van der Waals surface area contributed by atoms with Crippen molar-refractivity contribution >= 4 is 17.5 Å². The van der Waals surface area contributed by atoms with E-state index in [0.29, 0.717) is 5.56 Å². The second-order valence-electron chi connectivity index (χ2n) is 6.32. The summed E-state index contributed by atoms with van der Waals surface area (Å²) in [6.07, 6.45) is 1.89. The Kier molecular flexibility index (Phi) is 4.89. The van der Waals surface area contributed by atoms with Gasteiger partial charge in [-0.2, -0.15) is 0 Å². The second kappa shape index (κ2) is 6.32. The summed E-state index contributed by atoms with van der Waals surface area (Å²) in [5.74, 6) is -0.526. The van der Waals surface area contributed by atoms with E-state index >= 15 is 0 Å². The maximum absolute atomic E-state index is 14.2. The molecule has 0 bridgehead atoms. The van der Waals surface area contributed by atoms with Crippen molar-refractivity contribution in [3.05, 3.63) is 34.6 Å². The fourth-order valence-electron chi connectivity index (χ4n) is 2.84. The highest BCUT2D eigenvalue weighted by molar-refractivity contribution is 6.30. The molecule has 1 atom stereocenters. The summed E-state index contributed by atoms with van der Waals surface area (Å²) in [5, 5.41) is 3.04. The van der Waals surface area contributed by atoms with Crippen LogP contribution in [-0.2, 0) is 10.3 Å². The highest BCUT2D eigenvalue weighted by Gasteiger charge is 2.31. The first-order chi connectivity index (χ1) is 9.81. The molecule has 1 amide bonds. The number of nitrogens with one attached hydrogen (secondary N) is 1. The van der Waals surface area contributed by atoms with Gasteiger partial charge in [-0.1, -0.05) is 23.7 Å². The SMILES string of the molecule is CN1CCC[C@H](C(=O)NC(C)(C)c2cccc(Cl)c2F)C1. The van der Waals surface area contributed by atoms with E-state index in [0.717, 1.165) is 25.9 Å². The number of carbonyl (C=O) groups excluding carboxylic acids is 1. The molecular formula is C16H22ClFN2O. The van der Waals surface area contributed by atoms with Crippen LogP contribution >= 0.6 is 11.6 Å². The molecule has 0 aliphatic carbocycles. The van der Waals surface area contributed by atoms with Gasteiger partial charge in [0.1, 0.15) is 5.82 Å². The van der Waals surface area contributed by atoms with E-state index in [-0.39, 0.29) is 16.8 Å². The summed E-state index contributed by atoms with van der Waals surface area (Å²) in [5.41, 5.74) is -0.380. The molecule has 1 aliphatic rings. The third kappa shape index (κ3) is 3.74. The molecule has 1 aromatic carbocycles. The van der Waals surface area contributed by atoms with E-state index in [1.165, 1.54) is 6.07 Å². The van der Waals surface area contributed by atoms with Crippen molar-refractivity contribution < 1.29 is 9.18 Å². The van der Waals surface area contributed by atoms with Crippen molar-refractivity contribution in [3.8, 4) is 0 Å². The minimum Gasteiger partial charge on any atom is -0.347 e. The van der Waals surface area contributed by atoms with Gasteiger partial charge in [-0.3, -0.25) is 4.79 Å². The van der Waals surface area contributed by atoms with Crippen molar-refractivity contribution in [3.63, 3.8) is 0 Å². The summed E-state index contributed by atoms with van der Waals surface area (Å²) in [6.45, 7) is 5.37. The quantitative estimate of drug-likeness (QED) is 0.930. The van der Waals surface area contributed by atoms with Crippen LogP contribution in [0.3, 0.4) is 0 Å². The van der Waals surface area contributed by atoms with Crippen LogP contribution in [0.25, 0.3) is 0 Å². The van der Waals surface area contributed by atoms with Gasteiger partial charge < -0.3 is 10.2 Å². The summed E-state index contributed by atoms with van der Waals surface area (Å²) in [7, 11) is 2.02. The molecule has 0 radical (unpaired) electrons. The van der Waals surface area contributed by atoms with Crippen LogP contribution in [-0.4, -0.2) is 30.9 Å². The van der Waals surface area contributed by atoms with E-state index in [4.69, 9.17) is 11.6 Å². The van der Waals surface area contributed by atoms with Crippen molar-refractivity contribution in [1.82, 2.24) is 10.2 Å². The number of halogens is 2. The monoisotopic (exact) mass is 312 g/mol. The zero-order chi connectivity index (χ0) is 15.6. The van der Waals surface area contributed by atoms with E-state index < -0.39 is 11.4 Å². The fourth-order valence-corrected chi connectivity index (χ4v) is 3.02. The van der Waals surface area contributed by atoms with Crippen LogP contribution in [0.4, 0.5) is 4.39 Å². The van der Waals surface area contributed by atoms with Gasteiger partial charge in [0.2, 0.25) is 5.91 Å². The number of hydrogen-bond acceptors (Lipinski definition) is 2. The van der Waals surface area contributed by atoms with E-state index in [2.05, 4.69) is 10.2 Å². The van der Waals surface area contributed by atoms with E-state index in [9.17, 15) is 9.18 Å². The predicted molar refractivity (Wildman–Crippen MR) is 82.8 cm³/mol. The highest BCUT2D eigenvalue weighted by atomic mass is 35.5. The van der Waals surface area contributed by atoms with Gasteiger partial charge in [-0.25, -0.2) is 4.39 Å². The Morgan fingerprint density at radius 1 is 1.48 bits per heavy atom. The molecule has 116 valence electrons. The normalized spacial score (nSPS) is 20.3. The lowest BCUT2D eigenvalue weighted by molar-refractivity contribution is -0.128. The summed E-state index contributed by atoms with van der Waals surface area (Å²) >= 11 is 5.83. The molecule has 5 heteroatoms. The molecule has 1 heterocycles. The highest BCUT2D eigenvalue weighted by Crippen LogP contribution is 2.28. The smallest absolute Gasteiger partial charge is 0.225 e. The van der Waals surface area contributed by atoms with Gasteiger partial charge in [-0.15, -0.1) is 0 Å². The van der Waals surface area contributed by atoms with Gasteiger partial charge in [0.25, 0.3) is 0 Å². The lowest BCUT2D eigenvalue weighted by Crippen LogP contribution is -2.48. The Bertz CT molecular complexity index is 533. The maximum Gasteiger partial charge on any atom is 0.225 e. The minimum atomic E-state index is -0.790. The molecule has 0 saturated carbocycles. The zero-order valence-electron chi connectivity index (χ0n) is 12.7. The molecule has 1 fully saturated rings. The third-order valence-electron chi connectivity index (χ3n) is 4.06. The zero-order valence-corrected chi connectivity index (χ0v) is 13.5. The Morgan fingerprint density at radius 2 is 2.19 bits per heavy atom. The molecule has 3 nitrogen and oxygen atoms in total. The molecule has 1 aliphatic heterocycles. The first-order valence-corrected chi connectivity index (χ1v) is 7.64. The average Bonchev–Trinajstić information content (AvgIpc) is 2.41. The number of amides is 1. The van der Waals surface area contributed by atoms with E-state index in [1.54, 1.807) is 26.0 Å². The number of rotatable bonds is 3. The number of piperidine rings is 1. The fraction of sp³-hybridized carbons (Fsp3) is 0.562. The number of hydrogen-bond donors (Lipinski definition) is 1. The van der Waals surface area contributed by atoms with Gasteiger partial charge in [-0.05, 0) is 46.3 Å². The Hall–Kier alpha value is -1.13. The van der Waals surface area contributed by atoms with Crippen LogP contribution in [0.15, 0.2) is 18.2 Å². The largest absolute Gasteiger partial charge is 0.347 e. The molecule has 0 aromatic heterocycles. The average molecular weight is 313 g/mol. The number of benzene rings is 1. The lowest BCUT2D eigenvalue weighted by atomic mass is 9.91. The standard InChI is InChI=1S/C16H22ClFN2O/c1-16(2,12-7-4-8-13(17)14(12)18)19-15(21)11-6-5-9-20(3)10-11/h4,7-8,11H,5-6,9-10H2,1-3H3,(H,19,21)/t11-/m0/s1. The molecule has 1 saturated heterocycles. The van der Waals surface area contributed by atoms with Crippen molar-refractivity contribution in [2.24, 2.45) is 5.92 Å². The topological polar surface area (TPSA) is 32.3 Å². The molecule has 2 rings (SSSR count). The number of nitrogens with zero attached hydrogens (tertiary/aromatic N) is 1. The van der Waals surface area contributed by atoms with Crippen LogP contribution in [0.1, 0.15) is 32.3 Å². The summed E-state index contributed by atoms with van der Waals surface area (Å²) in [6, 6.07) is 4.87. The van der Waals surface area contributed by atoms with E-state index in [1.807, 2.05) is 7.05 Å². The second-order valence-corrected chi connectivity index (χ2v) is 6.72. The molecule has 0 unspecified atom stereocenters. The third-order valence-corrected chi connectivity index (χ3v) is 4.35.